The third-order valence-electron chi connectivity index (χ3n) is 3.31. The third-order valence-corrected chi connectivity index (χ3v) is 4.22. The predicted octanol–water partition coefficient (Wildman–Crippen LogP) is 3.89. The molecule has 2 heterocycles. The molecule has 0 spiro atoms. The number of pyridine rings is 1. The van der Waals surface area contributed by atoms with Crippen LogP contribution in [-0.4, -0.2) is 4.98 Å². The Morgan fingerprint density at radius 3 is 2.89 bits per heavy atom. The molecule has 0 saturated carbocycles. The van der Waals surface area contributed by atoms with Gasteiger partial charge in [0.2, 0.25) is 0 Å². The first-order valence-electron chi connectivity index (χ1n) is 6.38. The molecule has 1 N–H and O–H groups in total. The monoisotopic (exact) mass is 268 g/mol. The Morgan fingerprint density at radius 1 is 1.11 bits per heavy atom. The van der Waals surface area contributed by atoms with Crippen LogP contribution in [0, 0.1) is 6.92 Å². The molecule has 0 saturated heterocycles. The quantitative estimate of drug-likeness (QED) is 0.776. The number of hydrogen-bond acceptors (Lipinski definition) is 3. The van der Waals surface area contributed by atoms with Crippen molar-refractivity contribution in [3.8, 4) is 0 Å². The molecule has 3 aromatic rings. The maximum absolute atomic E-state index is 4.13. The highest BCUT2D eigenvalue weighted by Gasteiger charge is 2.00. The van der Waals surface area contributed by atoms with Gasteiger partial charge in [-0.1, -0.05) is 12.1 Å². The van der Waals surface area contributed by atoms with Crippen LogP contribution in [0.2, 0.25) is 0 Å². The molecular formula is C16H16N2S. The fourth-order valence-electron chi connectivity index (χ4n) is 2.15. The van der Waals surface area contributed by atoms with Crippen molar-refractivity contribution in [3.63, 3.8) is 0 Å². The Morgan fingerprint density at radius 2 is 2.05 bits per heavy atom. The van der Waals surface area contributed by atoms with Crippen LogP contribution in [0.4, 0.5) is 0 Å². The van der Waals surface area contributed by atoms with E-state index in [1.165, 1.54) is 27.5 Å². The molecule has 0 amide bonds. The number of thiophene rings is 1. The molecule has 3 heteroatoms. The van der Waals surface area contributed by atoms with E-state index in [2.05, 4.69) is 52.3 Å². The molecule has 0 aliphatic carbocycles. The molecule has 0 bridgehead atoms. The van der Waals surface area contributed by atoms with Gasteiger partial charge in [0, 0.05) is 30.9 Å². The van der Waals surface area contributed by atoms with Crippen molar-refractivity contribution in [1.29, 1.82) is 0 Å². The molecule has 96 valence electrons. The zero-order valence-electron chi connectivity index (χ0n) is 10.9. The van der Waals surface area contributed by atoms with Gasteiger partial charge in [0.1, 0.15) is 0 Å². The first kappa shape index (κ1) is 12.3. The molecule has 2 aromatic heterocycles. The molecular weight excluding hydrogens is 252 g/mol. The average Bonchev–Trinajstić information content (AvgIpc) is 2.84. The third kappa shape index (κ3) is 2.83. The minimum atomic E-state index is 0.896. The van der Waals surface area contributed by atoms with Gasteiger partial charge in [-0.05, 0) is 51.9 Å². The topological polar surface area (TPSA) is 24.9 Å². The summed E-state index contributed by atoms with van der Waals surface area (Å²) in [5.74, 6) is 0. The molecule has 0 fully saturated rings. The maximum Gasteiger partial charge on any atom is 0.0346 e. The lowest BCUT2D eigenvalue weighted by Gasteiger charge is -2.06. The van der Waals surface area contributed by atoms with Gasteiger partial charge in [0.25, 0.3) is 0 Å². The number of nitrogens with zero attached hydrogens (tertiary/aromatic N) is 1. The summed E-state index contributed by atoms with van der Waals surface area (Å²) in [5, 5.41) is 10.4. The zero-order chi connectivity index (χ0) is 13.1. The van der Waals surface area contributed by atoms with E-state index in [1.807, 2.05) is 12.4 Å². The number of hydrogen-bond donors (Lipinski definition) is 1. The molecule has 19 heavy (non-hydrogen) atoms. The predicted molar refractivity (Wildman–Crippen MR) is 81.3 cm³/mol. The van der Waals surface area contributed by atoms with E-state index >= 15 is 0 Å². The van der Waals surface area contributed by atoms with E-state index in [0.29, 0.717) is 0 Å². The lowest BCUT2D eigenvalue weighted by Crippen LogP contribution is -2.12. The first-order valence-corrected chi connectivity index (χ1v) is 7.32. The maximum atomic E-state index is 4.13. The van der Waals surface area contributed by atoms with Gasteiger partial charge >= 0.3 is 0 Å². The molecule has 1 aromatic carbocycles. The van der Waals surface area contributed by atoms with Gasteiger partial charge in [0.05, 0.1) is 0 Å². The second kappa shape index (κ2) is 5.51. The van der Waals surface area contributed by atoms with Crippen LogP contribution < -0.4 is 5.32 Å². The molecule has 0 unspecified atom stereocenters. The average molecular weight is 268 g/mol. The number of fused-ring (bicyclic) bond motifs is 1. The molecule has 0 radical (unpaired) electrons. The van der Waals surface area contributed by atoms with Gasteiger partial charge in [-0.15, -0.1) is 0 Å². The summed E-state index contributed by atoms with van der Waals surface area (Å²) in [6, 6.07) is 8.58. The number of benzene rings is 1. The van der Waals surface area contributed by atoms with Crippen molar-refractivity contribution in [3.05, 3.63) is 64.1 Å². The Bertz CT molecular complexity index is 688. The van der Waals surface area contributed by atoms with Crippen LogP contribution >= 0.6 is 11.3 Å². The SMILES string of the molecule is Cc1cscc1CNCc1ccc2cnccc2c1. The zero-order valence-corrected chi connectivity index (χ0v) is 11.7. The second-order valence-electron chi connectivity index (χ2n) is 4.74. The van der Waals surface area contributed by atoms with E-state index in [4.69, 9.17) is 0 Å². The summed E-state index contributed by atoms with van der Waals surface area (Å²) < 4.78 is 0. The van der Waals surface area contributed by atoms with Crippen LogP contribution in [0.25, 0.3) is 10.8 Å². The van der Waals surface area contributed by atoms with Crippen molar-refractivity contribution in [2.45, 2.75) is 20.0 Å². The van der Waals surface area contributed by atoms with Gasteiger partial charge in [-0.2, -0.15) is 11.3 Å². The van der Waals surface area contributed by atoms with Crippen LogP contribution in [-0.2, 0) is 13.1 Å². The van der Waals surface area contributed by atoms with Gasteiger partial charge < -0.3 is 5.32 Å². The van der Waals surface area contributed by atoms with Gasteiger partial charge in [0.15, 0.2) is 0 Å². The van der Waals surface area contributed by atoms with Crippen molar-refractivity contribution in [1.82, 2.24) is 10.3 Å². The Hall–Kier alpha value is -1.71. The summed E-state index contributed by atoms with van der Waals surface area (Å²) in [6.45, 7) is 3.99. The summed E-state index contributed by atoms with van der Waals surface area (Å²) in [7, 11) is 0. The largest absolute Gasteiger partial charge is 0.309 e. The molecule has 0 aliphatic rings. The van der Waals surface area contributed by atoms with Crippen molar-refractivity contribution in [2.75, 3.05) is 0 Å². The van der Waals surface area contributed by atoms with Crippen LogP contribution in [0.1, 0.15) is 16.7 Å². The first-order chi connectivity index (χ1) is 9.33. The standard InChI is InChI=1S/C16H16N2S/c1-12-10-19-11-16(12)9-18-7-13-2-3-15-8-17-5-4-14(15)6-13/h2-6,8,10-11,18H,7,9H2,1H3. The normalized spacial score (nSPS) is 11.0. The number of aryl methyl sites for hydroxylation is 1. The summed E-state index contributed by atoms with van der Waals surface area (Å²) >= 11 is 1.77. The highest BCUT2D eigenvalue weighted by molar-refractivity contribution is 7.08. The second-order valence-corrected chi connectivity index (χ2v) is 5.48. The smallest absolute Gasteiger partial charge is 0.0346 e. The van der Waals surface area contributed by atoms with E-state index in [-0.39, 0.29) is 0 Å². The number of aromatic nitrogens is 1. The number of nitrogens with one attached hydrogen (secondary N) is 1. The van der Waals surface area contributed by atoms with E-state index in [1.54, 1.807) is 11.3 Å². The van der Waals surface area contributed by atoms with Crippen LogP contribution in [0.15, 0.2) is 47.4 Å². The van der Waals surface area contributed by atoms with Crippen molar-refractivity contribution < 1.29 is 0 Å². The molecule has 3 rings (SSSR count). The minimum Gasteiger partial charge on any atom is -0.309 e. The Labute approximate surface area is 117 Å². The molecule has 2 nitrogen and oxygen atoms in total. The summed E-state index contributed by atoms with van der Waals surface area (Å²) in [5.41, 5.74) is 4.09. The Kier molecular flexibility index (Phi) is 3.58. The van der Waals surface area contributed by atoms with Gasteiger partial charge in [-0.25, -0.2) is 0 Å². The van der Waals surface area contributed by atoms with Gasteiger partial charge in [-0.3, -0.25) is 4.98 Å². The Balaban J connectivity index is 1.67. The fourth-order valence-corrected chi connectivity index (χ4v) is 3.01. The summed E-state index contributed by atoms with van der Waals surface area (Å²) in [6.07, 6.45) is 3.75. The van der Waals surface area contributed by atoms with E-state index in [9.17, 15) is 0 Å². The fraction of sp³-hybridized carbons (Fsp3) is 0.188. The lowest BCUT2D eigenvalue weighted by molar-refractivity contribution is 0.693. The highest BCUT2D eigenvalue weighted by atomic mass is 32.1. The van der Waals surface area contributed by atoms with Crippen molar-refractivity contribution >= 4 is 22.1 Å². The van der Waals surface area contributed by atoms with E-state index in [0.717, 1.165) is 13.1 Å². The lowest BCUT2D eigenvalue weighted by atomic mass is 10.1. The molecule has 0 aliphatic heterocycles. The van der Waals surface area contributed by atoms with E-state index < -0.39 is 0 Å². The van der Waals surface area contributed by atoms with Crippen LogP contribution in [0.5, 0.6) is 0 Å². The van der Waals surface area contributed by atoms with Crippen LogP contribution in [0.3, 0.4) is 0 Å². The molecule has 0 atom stereocenters. The van der Waals surface area contributed by atoms with Crippen molar-refractivity contribution in [2.24, 2.45) is 0 Å². The number of rotatable bonds is 4. The highest BCUT2D eigenvalue weighted by Crippen LogP contribution is 2.15. The summed E-state index contributed by atoms with van der Waals surface area (Å²) in [4.78, 5) is 4.13. The minimum absolute atomic E-state index is 0.896.